The molecule has 1 fully saturated rings. The molecule has 0 unspecified atom stereocenters. The molecular weight excluding hydrogens is 330 g/mol. The van der Waals surface area contributed by atoms with Gasteiger partial charge in [0.05, 0.1) is 6.54 Å². The first kappa shape index (κ1) is 18.1. The van der Waals surface area contributed by atoms with Crippen LogP contribution in [-0.2, 0) is 4.79 Å². The summed E-state index contributed by atoms with van der Waals surface area (Å²) in [7, 11) is 0. The van der Waals surface area contributed by atoms with Crippen molar-refractivity contribution in [3.63, 3.8) is 0 Å². The number of β-amino-alcohol motifs (C(OH)–C–C–N with tert-alkyl or cyclic N) is 1. The van der Waals surface area contributed by atoms with Gasteiger partial charge >= 0.3 is 6.03 Å². The van der Waals surface area contributed by atoms with E-state index in [0.717, 1.165) is 21.2 Å². The number of carbonyl (C=O) groups excluding carboxylic acids is 2. The molecular formula is C20H24N3O3+. The minimum Gasteiger partial charge on any atom is -0.385 e. The van der Waals surface area contributed by atoms with Gasteiger partial charge in [0.1, 0.15) is 29.6 Å². The number of aliphatic hydroxyl groups is 1. The molecule has 1 atom stereocenters. The van der Waals surface area contributed by atoms with Crippen LogP contribution in [0.4, 0.5) is 16.2 Å². The fourth-order valence-electron chi connectivity index (χ4n) is 3.18. The molecule has 0 radical (unpaired) electrons. The predicted octanol–water partition coefficient (Wildman–Crippen LogP) is 1.23. The standard InChI is InChI=1S/C20H23N3O3/c1-20(2)18(25)23(19(26)21-20)14-17(24)13-22(15-9-5-3-6-10-15)16-11-7-4-8-12-16/h3-12,17,24H,13-14H2,1-2H3,(H,21,26)/p+1/t17-/m0/s1. The minimum atomic E-state index is -0.928. The van der Waals surface area contributed by atoms with Gasteiger partial charge in [-0.15, -0.1) is 0 Å². The van der Waals surface area contributed by atoms with E-state index in [4.69, 9.17) is 0 Å². The lowest BCUT2D eigenvalue weighted by molar-refractivity contribution is -0.765. The Morgan fingerprint density at radius 2 is 1.50 bits per heavy atom. The Balaban J connectivity index is 1.77. The molecule has 1 aliphatic rings. The average molecular weight is 354 g/mol. The Morgan fingerprint density at radius 3 is 1.92 bits per heavy atom. The Kier molecular flexibility index (Phi) is 5.06. The van der Waals surface area contributed by atoms with Crippen molar-refractivity contribution in [2.75, 3.05) is 13.1 Å². The van der Waals surface area contributed by atoms with Crippen LogP contribution in [-0.4, -0.2) is 46.7 Å². The van der Waals surface area contributed by atoms with Crippen LogP contribution in [0.5, 0.6) is 0 Å². The van der Waals surface area contributed by atoms with E-state index >= 15 is 0 Å². The third-order valence-electron chi connectivity index (χ3n) is 4.52. The lowest BCUT2D eigenvalue weighted by Crippen LogP contribution is -3.03. The van der Waals surface area contributed by atoms with E-state index in [1.807, 2.05) is 60.7 Å². The number of amides is 3. The third kappa shape index (κ3) is 3.76. The lowest BCUT2D eigenvalue weighted by atomic mass is 10.1. The van der Waals surface area contributed by atoms with Crippen molar-refractivity contribution in [1.29, 1.82) is 0 Å². The zero-order valence-corrected chi connectivity index (χ0v) is 15.0. The van der Waals surface area contributed by atoms with E-state index in [0.29, 0.717) is 6.54 Å². The van der Waals surface area contributed by atoms with Crippen molar-refractivity contribution in [2.45, 2.75) is 25.5 Å². The van der Waals surface area contributed by atoms with Crippen molar-refractivity contribution in [2.24, 2.45) is 0 Å². The maximum absolute atomic E-state index is 12.3. The number of hydrogen-bond donors (Lipinski definition) is 3. The van der Waals surface area contributed by atoms with Crippen LogP contribution in [0, 0.1) is 0 Å². The predicted molar refractivity (Wildman–Crippen MR) is 98.4 cm³/mol. The summed E-state index contributed by atoms with van der Waals surface area (Å²) in [6.45, 7) is 3.62. The second-order valence-corrected chi connectivity index (χ2v) is 7.04. The largest absolute Gasteiger partial charge is 0.385 e. The lowest BCUT2D eigenvalue weighted by Gasteiger charge is -2.24. The third-order valence-corrected chi connectivity index (χ3v) is 4.52. The van der Waals surface area contributed by atoms with Crippen molar-refractivity contribution in [3.8, 4) is 0 Å². The highest BCUT2D eigenvalue weighted by molar-refractivity contribution is 6.06. The number of carbonyl (C=O) groups is 2. The highest BCUT2D eigenvalue weighted by Crippen LogP contribution is 2.17. The van der Waals surface area contributed by atoms with Crippen LogP contribution in [0.3, 0.4) is 0 Å². The maximum Gasteiger partial charge on any atom is 0.325 e. The van der Waals surface area contributed by atoms with Gasteiger partial charge in [-0.05, 0) is 38.1 Å². The van der Waals surface area contributed by atoms with Gasteiger partial charge in [-0.25, -0.2) is 4.79 Å². The second-order valence-electron chi connectivity index (χ2n) is 7.04. The zero-order valence-electron chi connectivity index (χ0n) is 15.0. The maximum atomic E-state index is 12.3. The van der Waals surface area contributed by atoms with Crippen LogP contribution in [0.1, 0.15) is 13.8 Å². The first-order valence-electron chi connectivity index (χ1n) is 8.67. The SMILES string of the molecule is CC1(C)NC(=O)N(C[C@@H](O)C[NH+](c2ccccc2)c2ccccc2)C1=O. The van der Waals surface area contributed by atoms with Crippen LogP contribution < -0.4 is 10.2 Å². The summed E-state index contributed by atoms with van der Waals surface area (Å²) < 4.78 is 0. The Hall–Kier alpha value is -2.70. The number of hydrogen-bond acceptors (Lipinski definition) is 3. The number of benzene rings is 2. The molecule has 0 spiro atoms. The van der Waals surface area contributed by atoms with Gasteiger partial charge in [0.2, 0.25) is 0 Å². The topological polar surface area (TPSA) is 74.1 Å². The van der Waals surface area contributed by atoms with Crippen molar-refractivity contribution in [3.05, 3.63) is 60.7 Å². The number of quaternary nitrogens is 1. The van der Waals surface area contributed by atoms with Gasteiger partial charge in [-0.2, -0.15) is 0 Å². The molecule has 26 heavy (non-hydrogen) atoms. The molecule has 0 saturated carbocycles. The van der Waals surface area contributed by atoms with Crippen LogP contribution in [0.25, 0.3) is 0 Å². The highest BCUT2D eigenvalue weighted by Gasteiger charge is 2.45. The summed E-state index contributed by atoms with van der Waals surface area (Å²) in [4.78, 5) is 26.4. The van der Waals surface area contributed by atoms with Gasteiger partial charge in [0.25, 0.3) is 5.91 Å². The average Bonchev–Trinajstić information content (AvgIpc) is 2.83. The summed E-state index contributed by atoms with van der Waals surface area (Å²) >= 11 is 0. The van der Waals surface area contributed by atoms with Gasteiger partial charge in [0.15, 0.2) is 0 Å². The van der Waals surface area contributed by atoms with E-state index in [1.54, 1.807) is 13.8 Å². The van der Waals surface area contributed by atoms with Gasteiger partial charge in [0, 0.05) is 0 Å². The van der Waals surface area contributed by atoms with E-state index in [9.17, 15) is 14.7 Å². The van der Waals surface area contributed by atoms with Crippen LogP contribution >= 0.6 is 0 Å². The molecule has 136 valence electrons. The summed E-state index contributed by atoms with van der Waals surface area (Å²) in [6, 6.07) is 19.2. The zero-order chi connectivity index (χ0) is 18.7. The first-order valence-corrected chi connectivity index (χ1v) is 8.67. The summed E-state index contributed by atoms with van der Waals surface area (Å²) in [5.41, 5.74) is 1.09. The monoisotopic (exact) mass is 354 g/mol. The van der Waals surface area contributed by atoms with Crippen LogP contribution in [0.2, 0.25) is 0 Å². The Morgan fingerprint density at radius 1 is 1.00 bits per heavy atom. The Labute approximate surface area is 153 Å². The molecule has 2 aromatic carbocycles. The van der Waals surface area contributed by atoms with Crippen molar-refractivity contribution in [1.82, 2.24) is 10.2 Å². The number of nitrogens with zero attached hydrogens (tertiary/aromatic N) is 1. The summed E-state index contributed by atoms with van der Waals surface area (Å²) in [6.07, 6.45) is -0.853. The number of nitrogens with one attached hydrogen (secondary N) is 2. The summed E-state index contributed by atoms with van der Waals surface area (Å²) in [5.74, 6) is -0.317. The van der Waals surface area contributed by atoms with Crippen LogP contribution in [0.15, 0.2) is 60.7 Å². The first-order chi connectivity index (χ1) is 12.4. The molecule has 2 aromatic rings. The number of imide groups is 1. The van der Waals surface area contributed by atoms with E-state index in [1.165, 1.54) is 0 Å². The molecule has 6 heteroatoms. The van der Waals surface area contributed by atoms with Gasteiger partial charge in [-0.1, -0.05) is 36.4 Å². The normalized spacial score (nSPS) is 17.5. The molecule has 1 aliphatic heterocycles. The molecule has 0 aliphatic carbocycles. The number of aliphatic hydroxyl groups excluding tert-OH is 1. The molecule has 3 amide bonds. The van der Waals surface area contributed by atoms with E-state index in [-0.39, 0.29) is 12.5 Å². The Bertz CT molecular complexity index is 738. The smallest absolute Gasteiger partial charge is 0.325 e. The van der Waals surface area contributed by atoms with Gasteiger partial charge < -0.3 is 10.4 Å². The van der Waals surface area contributed by atoms with Crippen molar-refractivity contribution >= 4 is 23.3 Å². The van der Waals surface area contributed by atoms with Crippen molar-refractivity contribution < 1.29 is 19.6 Å². The number of para-hydroxylation sites is 2. The van der Waals surface area contributed by atoms with E-state index < -0.39 is 17.7 Å². The quantitative estimate of drug-likeness (QED) is 0.683. The fraction of sp³-hybridized carbons (Fsp3) is 0.300. The number of urea groups is 1. The summed E-state index contributed by atoms with van der Waals surface area (Å²) in [5, 5.41) is 13.2. The molecule has 1 heterocycles. The molecule has 3 rings (SSSR count). The molecule has 0 bridgehead atoms. The van der Waals surface area contributed by atoms with Gasteiger partial charge in [-0.3, -0.25) is 14.6 Å². The second kappa shape index (κ2) is 7.27. The number of rotatable bonds is 6. The molecule has 6 nitrogen and oxygen atoms in total. The molecule has 0 aromatic heterocycles. The fourth-order valence-corrected chi connectivity index (χ4v) is 3.18. The molecule has 3 N–H and O–H groups in total. The highest BCUT2D eigenvalue weighted by atomic mass is 16.3. The molecule has 1 saturated heterocycles. The minimum absolute atomic E-state index is 0.0305. The van der Waals surface area contributed by atoms with E-state index in [2.05, 4.69) is 5.32 Å².